The molecule has 5 rings (SSSR count). The molecule has 0 aliphatic carbocycles. The van der Waals surface area contributed by atoms with Gasteiger partial charge in [-0.05, 0) is 19.1 Å². The van der Waals surface area contributed by atoms with Crippen LogP contribution in [0.1, 0.15) is 5.69 Å². The molecule has 31 heavy (non-hydrogen) atoms. The van der Waals surface area contributed by atoms with Crippen LogP contribution < -0.4 is 19.4 Å². The van der Waals surface area contributed by atoms with E-state index in [1.807, 2.05) is 19.1 Å². The normalized spacial score (nSPS) is 17.3. The van der Waals surface area contributed by atoms with E-state index in [1.165, 1.54) is 5.69 Å². The Morgan fingerprint density at radius 3 is 2.26 bits per heavy atom. The molecule has 8 heteroatoms. The lowest BCUT2D eigenvalue weighted by Crippen LogP contribution is -2.47. The molecule has 2 fully saturated rings. The number of nitrogens with zero attached hydrogens (tertiary/aromatic N) is 6. The minimum Gasteiger partial charge on any atom is -0.494 e. The summed E-state index contributed by atoms with van der Waals surface area (Å²) in [6.45, 7) is 8.96. The van der Waals surface area contributed by atoms with Gasteiger partial charge >= 0.3 is 0 Å². The van der Waals surface area contributed by atoms with Gasteiger partial charge in [-0.3, -0.25) is 0 Å². The zero-order chi connectivity index (χ0) is 21.2. The van der Waals surface area contributed by atoms with E-state index in [0.717, 1.165) is 86.5 Å². The summed E-state index contributed by atoms with van der Waals surface area (Å²) in [5.74, 6) is 2.80. The van der Waals surface area contributed by atoms with Crippen molar-refractivity contribution in [3.8, 4) is 5.75 Å². The first-order chi connectivity index (χ1) is 15.2. The SMILES string of the molecule is COc1cccc2c(N3CCN(c4cc(N5CCOCC5)ncn4)CC3)cc(C)nc12. The number of para-hydroxylation sites is 1. The lowest BCUT2D eigenvalue weighted by molar-refractivity contribution is 0.122. The Hall–Kier alpha value is -3.13. The molecule has 1 aromatic carbocycles. The summed E-state index contributed by atoms with van der Waals surface area (Å²) >= 11 is 0. The van der Waals surface area contributed by atoms with Gasteiger partial charge in [0.25, 0.3) is 0 Å². The highest BCUT2D eigenvalue weighted by molar-refractivity contribution is 5.95. The average molecular weight is 421 g/mol. The molecule has 4 heterocycles. The van der Waals surface area contributed by atoms with Gasteiger partial charge in [-0.15, -0.1) is 0 Å². The van der Waals surface area contributed by atoms with E-state index in [4.69, 9.17) is 14.5 Å². The summed E-state index contributed by atoms with van der Waals surface area (Å²) in [7, 11) is 1.70. The molecule has 2 aliphatic heterocycles. The van der Waals surface area contributed by atoms with Crippen LogP contribution in [0.15, 0.2) is 36.7 Å². The van der Waals surface area contributed by atoms with Crippen LogP contribution in [-0.2, 0) is 4.74 Å². The standard InChI is InChI=1S/C23H28N6O2/c1-17-14-19(18-4-3-5-20(30-2)23(18)26-17)27-6-8-28(9-7-27)21-15-22(25-16-24-21)29-10-12-31-13-11-29/h3-5,14-16H,6-13H2,1-2H3. The van der Waals surface area contributed by atoms with Crippen molar-refractivity contribution < 1.29 is 9.47 Å². The van der Waals surface area contributed by atoms with Gasteiger partial charge in [-0.2, -0.15) is 0 Å². The van der Waals surface area contributed by atoms with Crippen molar-refractivity contribution in [3.63, 3.8) is 0 Å². The molecule has 2 aromatic heterocycles. The fourth-order valence-electron chi connectivity index (χ4n) is 4.41. The van der Waals surface area contributed by atoms with E-state index in [1.54, 1.807) is 13.4 Å². The van der Waals surface area contributed by atoms with E-state index in [-0.39, 0.29) is 0 Å². The summed E-state index contributed by atoms with van der Waals surface area (Å²) in [6, 6.07) is 10.4. The molecule has 0 unspecified atom stereocenters. The molecule has 0 N–H and O–H groups in total. The maximum atomic E-state index is 5.55. The third-order valence-corrected chi connectivity index (χ3v) is 6.05. The second-order valence-corrected chi connectivity index (χ2v) is 7.95. The van der Waals surface area contributed by atoms with Gasteiger partial charge in [0, 0.05) is 62.1 Å². The average Bonchev–Trinajstić information content (AvgIpc) is 2.84. The number of methoxy groups -OCH3 is 1. The second kappa shape index (κ2) is 8.55. The molecule has 162 valence electrons. The Bertz CT molecular complexity index is 1060. The van der Waals surface area contributed by atoms with Crippen molar-refractivity contribution in [3.05, 3.63) is 42.4 Å². The monoisotopic (exact) mass is 420 g/mol. The third-order valence-electron chi connectivity index (χ3n) is 6.05. The predicted molar refractivity (Wildman–Crippen MR) is 123 cm³/mol. The number of pyridine rings is 1. The van der Waals surface area contributed by atoms with Crippen LogP contribution in [0.2, 0.25) is 0 Å². The van der Waals surface area contributed by atoms with E-state index < -0.39 is 0 Å². The van der Waals surface area contributed by atoms with E-state index >= 15 is 0 Å². The fourth-order valence-corrected chi connectivity index (χ4v) is 4.41. The van der Waals surface area contributed by atoms with Gasteiger partial charge in [-0.25, -0.2) is 15.0 Å². The maximum absolute atomic E-state index is 5.55. The number of hydrogen-bond donors (Lipinski definition) is 0. The van der Waals surface area contributed by atoms with Gasteiger partial charge < -0.3 is 24.2 Å². The first-order valence-electron chi connectivity index (χ1n) is 10.8. The first kappa shape index (κ1) is 19.8. The maximum Gasteiger partial charge on any atom is 0.145 e. The predicted octanol–water partition coefficient (Wildman–Crippen LogP) is 2.51. The van der Waals surface area contributed by atoms with Gasteiger partial charge in [0.2, 0.25) is 0 Å². The van der Waals surface area contributed by atoms with Crippen molar-refractivity contribution in [2.75, 3.05) is 74.3 Å². The lowest BCUT2D eigenvalue weighted by atomic mass is 10.1. The van der Waals surface area contributed by atoms with E-state index in [2.05, 4.69) is 42.9 Å². The molecule has 8 nitrogen and oxygen atoms in total. The van der Waals surface area contributed by atoms with Crippen LogP contribution in [0.3, 0.4) is 0 Å². The highest BCUT2D eigenvalue weighted by Gasteiger charge is 2.22. The molecule has 0 spiro atoms. The second-order valence-electron chi connectivity index (χ2n) is 7.95. The third kappa shape index (κ3) is 3.95. The van der Waals surface area contributed by atoms with Crippen LogP contribution in [0, 0.1) is 6.92 Å². The van der Waals surface area contributed by atoms with Crippen molar-refractivity contribution in [1.29, 1.82) is 0 Å². The molecule has 0 bridgehead atoms. The van der Waals surface area contributed by atoms with Crippen LogP contribution in [0.25, 0.3) is 10.9 Å². The minimum atomic E-state index is 0.752. The number of fused-ring (bicyclic) bond motifs is 1. The van der Waals surface area contributed by atoms with Crippen LogP contribution in [-0.4, -0.2) is 74.5 Å². The van der Waals surface area contributed by atoms with Gasteiger partial charge in [0.1, 0.15) is 29.2 Å². The summed E-state index contributed by atoms with van der Waals surface area (Å²) in [6.07, 6.45) is 1.68. The molecule has 0 amide bonds. The number of rotatable bonds is 4. The minimum absolute atomic E-state index is 0.752. The number of morpholine rings is 1. The number of ether oxygens (including phenoxy) is 2. The van der Waals surface area contributed by atoms with Crippen molar-refractivity contribution in [2.24, 2.45) is 0 Å². The highest BCUT2D eigenvalue weighted by Crippen LogP contribution is 2.33. The molecule has 2 saturated heterocycles. The number of aryl methyl sites for hydroxylation is 1. The zero-order valence-electron chi connectivity index (χ0n) is 18.1. The molecular weight excluding hydrogens is 392 g/mol. The number of benzene rings is 1. The summed E-state index contributed by atoms with van der Waals surface area (Å²) in [5, 5.41) is 1.13. The summed E-state index contributed by atoms with van der Waals surface area (Å²) < 4.78 is 11.0. The summed E-state index contributed by atoms with van der Waals surface area (Å²) in [4.78, 5) is 20.8. The fraction of sp³-hybridized carbons (Fsp3) is 0.435. The number of piperazine rings is 1. The molecule has 2 aliphatic rings. The largest absolute Gasteiger partial charge is 0.494 e. The zero-order valence-corrected chi connectivity index (χ0v) is 18.1. The van der Waals surface area contributed by atoms with Crippen LogP contribution in [0.5, 0.6) is 5.75 Å². The Kier molecular flexibility index (Phi) is 5.46. The first-order valence-corrected chi connectivity index (χ1v) is 10.8. The quantitative estimate of drug-likeness (QED) is 0.638. The molecule has 0 atom stereocenters. The van der Waals surface area contributed by atoms with Crippen molar-refractivity contribution >= 4 is 28.2 Å². The topological polar surface area (TPSA) is 66.9 Å². The molecule has 0 saturated carbocycles. The van der Waals surface area contributed by atoms with Crippen molar-refractivity contribution in [1.82, 2.24) is 15.0 Å². The Morgan fingerprint density at radius 1 is 0.871 bits per heavy atom. The highest BCUT2D eigenvalue weighted by atomic mass is 16.5. The van der Waals surface area contributed by atoms with Crippen LogP contribution >= 0.6 is 0 Å². The molecule has 0 radical (unpaired) electrons. The number of anilines is 3. The van der Waals surface area contributed by atoms with Crippen LogP contribution in [0.4, 0.5) is 17.3 Å². The molecule has 3 aromatic rings. The lowest BCUT2D eigenvalue weighted by Gasteiger charge is -2.37. The van der Waals surface area contributed by atoms with Gasteiger partial charge in [-0.1, -0.05) is 12.1 Å². The number of aromatic nitrogens is 3. The van der Waals surface area contributed by atoms with Gasteiger partial charge in [0.15, 0.2) is 0 Å². The summed E-state index contributed by atoms with van der Waals surface area (Å²) in [5.41, 5.74) is 3.14. The molecular formula is C23H28N6O2. The smallest absolute Gasteiger partial charge is 0.145 e. The van der Waals surface area contributed by atoms with E-state index in [9.17, 15) is 0 Å². The van der Waals surface area contributed by atoms with Gasteiger partial charge in [0.05, 0.1) is 20.3 Å². The Morgan fingerprint density at radius 2 is 1.55 bits per heavy atom. The van der Waals surface area contributed by atoms with E-state index in [0.29, 0.717) is 0 Å². The Labute approximate surface area is 182 Å². The van der Waals surface area contributed by atoms with Crippen molar-refractivity contribution in [2.45, 2.75) is 6.92 Å². The number of hydrogen-bond acceptors (Lipinski definition) is 8. The Balaban J connectivity index is 1.34.